The molecule has 0 N–H and O–H groups in total. The molecule has 0 spiro atoms. The molecule has 16 heavy (non-hydrogen) atoms. The van der Waals surface area contributed by atoms with Crippen LogP contribution in [0.2, 0.25) is 0 Å². The summed E-state index contributed by atoms with van der Waals surface area (Å²) in [6.45, 7) is 3.69. The van der Waals surface area contributed by atoms with Gasteiger partial charge >= 0.3 is 0 Å². The number of carbonyl (C=O) groups excluding carboxylic acids is 2. The van der Waals surface area contributed by atoms with Crippen molar-refractivity contribution < 1.29 is 19.1 Å². The molecular weight excluding hydrogens is 208 g/mol. The van der Waals surface area contributed by atoms with E-state index in [0.717, 1.165) is 0 Å². The number of allylic oxidation sites excluding steroid dienone is 2. The van der Waals surface area contributed by atoms with Crippen LogP contribution in [-0.4, -0.2) is 30.9 Å². The molecule has 2 rings (SSSR count). The van der Waals surface area contributed by atoms with Crippen LogP contribution in [0.5, 0.6) is 0 Å². The second-order valence-corrected chi connectivity index (χ2v) is 4.09. The lowest BCUT2D eigenvalue weighted by Gasteiger charge is -2.31. The van der Waals surface area contributed by atoms with E-state index in [1.54, 1.807) is 6.92 Å². The minimum absolute atomic E-state index is 0.0401. The number of rotatable bonds is 1. The van der Waals surface area contributed by atoms with E-state index in [4.69, 9.17) is 9.47 Å². The van der Waals surface area contributed by atoms with Crippen LogP contribution in [0.25, 0.3) is 0 Å². The Kier molecular flexibility index (Phi) is 2.68. The van der Waals surface area contributed by atoms with Gasteiger partial charge in [-0.05, 0) is 13.8 Å². The Morgan fingerprint density at radius 2 is 2.06 bits per heavy atom. The second kappa shape index (κ2) is 3.87. The predicted octanol–water partition coefficient (Wildman–Crippen LogP) is 1.16. The Hall–Kier alpha value is -1.42. The fourth-order valence-corrected chi connectivity index (χ4v) is 2.23. The van der Waals surface area contributed by atoms with Crippen LogP contribution in [-0.2, 0) is 19.1 Å². The first-order chi connectivity index (χ1) is 7.54. The molecule has 4 heteroatoms. The molecule has 1 aliphatic carbocycles. The largest absolute Gasteiger partial charge is 0.493 e. The molecule has 1 aliphatic heterocycles. The molecule has 0 bridgehead atoms. The summed E-state index contributed by atoms with van der Waals surface area (Å²) in [5, 5.41) is 0. The van der Waals surface area contributed by atoms with Crippen molar-refractivity contribution in [3.63, 3.8) is 0 Å². The van der Waals surface area contributed by atoms with Gasteiger partial charge in [0.15, 0.2) is 11.5 Å². The zero-order valence-corrected chi connectivity index (χ0v) is 9.57. The number of Topliss-reactive ketones (excluding diaryl/α,β-unsaturated/α-hetero) is 1. The van der Waals surface area contributed by atoms with Crippen molar-refractivity contribution in [3.05, 3.63) is 23.0 Å². The van der Waals surface area contributed by atoms with Crippen LogP contribution >= 0.6 is 0 Å². The van der Waals surface area contributed by atoms with E-state index in [2.05, 4.69) is 0 Å². The lowest BCUT2D eigenvalue weighted by molar-refractivity contribution is -0.121. The third-order valence-corrected chi connectivity index (χ3v) is 2.91. The van der Waals surface area contributed by atoms with Crippen molar-refractivity contribution in [3.8, 4) is 0 Å². The Morgan fingerprint density at radius 3 is 2.69 bits per heavy atom. The second-order valence-electron chi connectivity index (χ2n) is 4.09. The van der Waals surface area contributed by atoms with Crippen molar-refractivity contribution in [2.45, 2.75) is 32.5 Å². The number of carbonyl (C=O) groups is 2. The van der Waals surface area contributed by atoms with Crippen LogP contribution in [0.4, 0.5) is 0 Å². The van der Waals surface area contributed by atoms with Gasteiger partial charge in [0.25, 0.3) is 0 Å². The maximum Gasteiger partial charge on any atom is 0.224 e. The maximum absolute atomic E-state index is 12.0. The normalized spacial score (nSPS) is 30.1. The summed E-state index contributed by atoms with van der Waals surface area (Å²) >= 11 is 0. The first-order valence-corrected chi connectivity index (χ1v) is 5.27. The molecule has 0 radical (unpaired) electrons. The van der Waals surface area contributed by atoms with Gasteiger partial charge in [-0.25, -0.2) is 0 Å². The van der Waals surface area contributed by atoms with Crippen molar-refractivity contribution >= 4 is 11.6 Å². The summed E-state index contributed by atoms with van der Waals surface area (Å²) in [4.78, 5) is 23.8. The number of ether oxygens (including phenoxy) is 2. The molecule has 0 amide bonds. The third kappa shape index (κ3) is 1.59. The van der Waals surface area contributed by atoms with E-state index in [-0.39, 0.29) is 29.5 Å². The highest BCUT2D eigenvalue weighted by Crippen LogP contribution is 2.32. The van der Waals surface area contributed by atoms with Gasteiger partial charge in [0.1, 0.15) is 0 Å². The first kappa shape index (κ1) is 11.1. The fourth-order valence-electron chi connectivity index (χ4n) is 2.23. The third-order valence-electron chi connectivity index (χ3n) is 2.91. The van der Waals surface area contributed by atoms with E-state index in [1.807, 2.05) is 6.92 Å². The minimum Gasteiger partial charge on any atom is -0.493 e. The van der Waals surface area contributed by atoms with Gasteiger partial charge in [0.2, 0.25) is 5.78 Å². The number of ketones is 2. The standard InChI is InChI=1S/C12H14O4/c1-6-4-8-11(7(2)16-6)9(13)5-10(15-3)12(8)14/h5-7H,4H2,1-3H3/t6-,7+/m0/s1. The summed E-state index contributed by atoms with van der Waals surface area (Å²) in [7, 11) is 1.40. The number of hydrogen-bond donors (Lipinski definition) is 0. The SMILES string of the molecule is COC1=CC(=O)C2=C(C[C@H](C)O[C@@H]2C)C1=O. The molecule has 86 valence electrons. The van der Waals surface area contributed by atoms with Gasteiger partial charge in [-0.1, -0.05) is 0 Å². The summed E-state index contributed by atoms with van der Waals surface area (Å²) < 4.78 is 10.5. The summed E-state index contributed by atoms with van der Waals surface area (Å²) in [6.07, 6.45) is 1.37. The van der Waals surface area contributed by atoms with Crippen LogP contribution in [0, 0.1) is 0 Å². The molecule has 0 aromatic carbocycles. The highest BCUT2D eigenvalue weighted by molar-refractivity contribution is 6.22. The summed E-state index contributed by atoms with van der Waals surface area (Å²) in [6, 6.07) is 0. The fraction of sp³-hybridized carbons (Fsp3) is 0.500. The zero-order valence-electron chi connectivity index (χ0n) is 9.57. The van der Waals surface area contributed by atoms with Gasteiger partial charge < -0.3 is 9.47 Å². The predicted molar refractivity (Wildman–Crippen MR) is 56.8 cm³/mol. The highest BCUT2D eigenvalue weighted by atomic mass is 16.5. The smallest absolute Gasteiger partial charge is 0.224 e. The average Bonchev–Trinajstić information content (AvgIpc) is 2.22. The monoisotopic (exact) mass is 222 g/mol. The van der Waals surface area contributed by atoms with E-state index < -0.39 is 0 Å². The van der Waals surface area contributed by atoms with Gasteiger partial charge in [-0.15, -0.1) is 0 Å². The first-order valence-electron chi connectivity index (χ1n) is 5.27. The van der Waals surface area contributed by atoms with Crippen molar-refractivity contribution in [1.82, 2.24) is 0 Å². The Bertz CT molecular complexity index is 417. The van der Waals surface area contributed by atoms with Crippen LogP contribution in [0.15, 0.2) is 23.0 Å². The van der Waals surface area contributed by atoms with E-state index >= 15 is 0 Å². The molecule has 0 aromatic rings. The Balaban J connectivity index is 2.45. The number of hydrogen-bond acceptors (Lipinski definition) is 4. The van der Waals surface area contributed by atoms with Gasteiger partial charge in [0.05, 0.1) is 19.3 Å². The topological polar surface area (TPSA) is 52.6 Å². The molecule has 1 heterocycles. The molecule has 0 fully saturated rings. The molecule has 4 nitrogen and oxygen atoms in total. The zero-order chi connectivity index (χ0) is 11.9. The van der Waals surface area contributed by atoms with Gasteiger partial charge in [0, 0.05) is 23.6 Å². The Labute approximate surface area is 93.9 Å². The summed E-state index contributed by atoms with van der Waals surface area (Å²) in [5.41, 5.74) is 1.04. The lowest BCUT2D eigenvalue weighted by Crippen LogP contribution is -2.35. The molecule has 0 saturated heterocycles. The van der Waals surface area contributed by atoms with E-state index in [1.165, 1.54) is 13.2 Å². The highest BCUT2D eigenvalue weighted by Gasteiger charge is 2.36. The van der Waals surface area contributed by atoms with Crippen molar-refractivity contribution in [2.24, 2.45) is 0 Å². The van der Waals surface area contributed by atoms with Gasteiger partial charge in [-0.3, -0.25) is 9.59 Å². The molecule has 0 unspecified atom stereocenters. The van der Waals surface area contributed by atoms with Crippen molar-refractivity contribution in [2.75, 3.05) is 7.11 Å². The molecular formula is C12H14O4. The Morgan fingerprint density at radius 1 is 1.38 bits per heavy atom. The lowest BCUT2D eigenvalue weighted by atomic mass is 9.85. The van der Waals surface area contributed by atoms with Crippen LogP contribution in [0.1, 0.15) is 20.3 Å². The van der Waals surface area contributed by atoms with Crippen LogP contribution in [0.3, 0.4) is 0 Å². The average molecular weight is 222 g/mol. The molecule has 2 atom stereocenters. The molecule has 0 saturated carbocycles. The van der Waals surface area contributed by atoms with Crippen molar-refractivity contribution in [1.29, 1.82) is 0 Å². The minimum atomic E-state index is -0.315. The molecule has 2 aliphatic rings. The quantitative estimate of drug-likeness (QED) is 0.625. The number of methoxy groups -OCH3 is 1. The maximum atomic E-state index is 12.0. The summed E-state index contributed by atoms with van der Waals surface area (Å²) in [5.74, 6) is -0.227. The molecule has 0 aromatic heterocycles. The van der Waals surface area contributed by atoms with E-state index in [0.29, 0.717) is 17.6 Å². The van der Waals surface area contributed by atoms with Crippen LogP contribution < -0.4 is 0 Å². The van der Waals surface area contributed by atoms with E-state index in [9.17, 15) is 9.59 Å². The van der Waals surface area contributed by atoms with Gasteiger partial charge in [-0.2, -0.15) is 0 Å².